The lowest BCUT2D eigenvalue weighted by Crippen LogP contribution is -2.26. The maximum atomic E-state index is 5.47. The predicted molar refractivity (Wildman–Crippen MR) is 87.8 cm³/mol. The van der Waals surface area contributed by atoms with E-state index in [-0.39, 0.29) is 0 Å². The normalized spacial score (nSPS) is 28.3. The standard InChI is InChI=1S/C19H29NO/c1-5-9-20-19(18-14-7-6-8-15(14)18)16-10-13(3)17(21-4)11-12(16)2/h10-11,14-15,18-20H,5-9H2,1-4H3. The Bertz CT molecular complexity index is 501. The quantitative estimate of drug-likeness (QED) is 0.837. The molecule has 2 nitrogen and oxygen atoms in total. The zero-order valence-electron chi connectivity index (χ0n) is 13.9. The van der Waals surface area contributed by atoms with Gasteiger partial charge in [-0.05, 0) is 80.2 Å². The second-order valence-electron chi connectivity index (χ2n) is 6.95. The highest BCUT2D eigenvalue weighted by molar-refractivity contribution is 5.43. The first-order chi connectivity index (χ1) is 10.2. The molecule has 3 unspecified atom stereocenters. The van der Waals surface area contributed by atoms with Gasteiger partial charge in [-0.3, -0.25) is 0 Å². The van der Waals surface area contributed by atoms with Gasteiger partial charge in [-0.1, -0.05) is 19.4 Å². The Morgan fingerprint density at radius 3 is 2.52 bits per heavy atom. The molecule has 2 heteroatoms. The van der Waals surface area contributed by atoms with Crippen molar-refractivity contribution in [2.24, 2.45) is 17.8 Å². The van der Waals surface area contributed by atoms with Crippen molar-refractivity contribution >= 4 is 0 Å². The summed E-state index contributed by atoms with van der Waals surface area (Å²) in [7, 11) is 1.76. The molecule has 0 aliphatic heterocycles. The van der Waals surface area contributed by atoms with Crippen LogP contribution in [0, 0.1) is 31.6 Å². The van der Waals surface area contributed by atoms with Gasteiger partial charge in [0.2, 0.25) is 0 Å². The van der Waals surface area contributed by atoms with Crippen molar-refractivity contribution in [2.45, 2.75) is 52.5 Å². The van der Waals surface area contributed by atoms with Gasteiger partial charge >= 0.3 is 0 Å². The SMILES string of the molecule is CCCNC(c1cc(C)c(OC)cc1C)C1C2CCCC21. The van der Waals surface area contributed by atoms with E-state index in [0.29, 0.717) is 6.04 Å². The van der Waals surface area contributed by atoms with Gasteiger partial charge in [0.25, 0.3) is 0 Å². The first-order valence-electron chi connectivity index (χ1n) is 8.55. The minimum absolute atomic E-state index is 0.546. The fourth-order valence-corrected chi connectivity index (χ4v) is 4.49. The van der Waals surface area contributed by atoms with Crippen molar-refractivity contribution < 1.29 is 4.74 Å². The first-order valence-corrected chi connectivity index (χ1v) is 8.55. The molecular formula is C19H29NO. The summed E-state index contributed by atoms with van der Waals surface area (Å²) in [4.78, 5) is 0. The Labute approximate surface area is 129 Å². The molecular weight excluding hydrogens is 258 g/mol. The Kier molecular flexibility index (Phi) is 4.26. The molecule has 0 saturated heterocycles. The Balaban J connectivity index is 1.87. The Hall–Kier alpha value is -1.02. The molecule has 3 rings (SSSR count). The average Bonchev–Trinajstić information content (AvgIpc) is 2.94. The molecule has 116 valence electrons. The Morgan fingerprint density at radius 1 is 1.19 bits per heavy atom. The first kappa shape index (κ1) is 14.9. The van der Waals surface area contributed by atoms with Crippen LogP contribution in [0.5, 0.6) is 5.75 Å². The van der Waals surface area contributed by atoms with Crippen LogP contribution in [-0.4, -0.2) is 13.7 Å². The fraction of sp³-hybridized carbons (Fsp3) is 0.684. The van der Waals surface area contributed by atoms with E-state index in [9.17, 15) is 0 Å². The molecule has 2 fully saturated rings. The van der Waals surface area contributed by atoms with E-state index in [1.165, 1.54) is 42.4 Å². The van der Waals surface area contributed by atoms with Crippen LogP contribution >= 0.6 is 0 Å². The summed E-state index contributed by atoms with van der Waals surface area (Å²) in [5, 5.41) is 3.84. The van der Waals surface area contributed by atoms with E-state index in [1.807, 2.05) is 0 Å². The van der Waals surface area contributed by atoms with Crippen LogP contribution in [0.4, 0.5) is 0 Å². The molecule has 1 aromatic carbocycles. The summed E-state index contributed by atoms with van der Waals surface area (Å²) in [6, 6.07) is 5.11. The molecule has 0 radical (unpaired) electrons. The van der Waals surface area contributed by atoms with E-state index >= 15 is 0 Å². The molecule has 0 heterocycles. The van der Waals surface area contributed by atoms with Crippen LogP contribution in [-0.2, 0) is 0 Å². The molecule has 3 atom stereocenters. The zero-order chi connectivity index (χ0) is 15.0. The highest BCUT2D eigenvalue weighted by atomic mass is 16.5. The van der Waals surface area contributed by atoms with E-state index < -0.39 is 0 Å². The molecule has 0 spiro atoms. The monoisotopic (exact) mass is 287 g/mol. The van der Waals surface area contributed by atoms with Gasteiger partial charge in [0.1, 0.15) is 5.75 Å². The van der Waals surface area contributed by atoms with Crippen molar-refractivity contribution in [1.29, 1.82) is 0 Å². The fourth-order valence-electron chi connectivity index (χ4n) is 4.49. The highest BCUT2D eigenvalue weighted by Gasteiger charge is 2.56. The lowest BCUT2D eigenvalue weighted by molar-refractivity contribution is 0.404. The molecule has 0 amide bonds. The Morgan fingerprint density at radius 2 is 1.90 bits per heavy atom. The summed E-state index contributed by atoms with van der Waals surface area (Å²) < 4.78 is 5.47. The van der Waals surface area contributed by atoms with Gasteiger partial charge < -0.3 is 10.1 Å². The third kappa shape index (κ3) is 2.70. The van der Waals surface area contributed by atoms with Crippen LogP contribution in [0.1, 0.15) is 55.3 Å². The number of aryl methyl sites for hydroxylation is 2. The molecule has 1 aromatic rings. The number of benzene rings is 1. The number of hydrogen-bond donors (Lipinski definition) is 1. The topological polar surface area (TPSA) is 21.3 Å². The largest absolute Gasteiger partial charge is 0.496 e. The van der Waals surface area contributed by atoms with E-state index in [0.717, 1.165) is 30.0 Å². The van der Waals surface area contributed by atoms with Gasteiger partial charge in [-0.25, -0.2) is 0 Å². The number of hydrogen-bond acceptors (Lipinski definition) is 2. The second-order valence-corrected chi connectivity index (χ2v) is 6.95. The lowest BCUT2D eigenvalue weighted by atomic mass is 9.92. The van der Waals surface area contributed by atoms with Gasteiger partial charge in [-0.15, -0.1) is 0 Å². The maximum absolute atomic E-state index is 5.47. The number of methoxy groups -OCH3 is 1. The lowest BCUT2D eigenvalue weighted by Gasteiger charge is -2.24. The minimum Gasteiger partial charge on any atom is -0.496 e. The van der Waals surface area contributed by atoms with Crippen molar-refractivity contribution in [2.75, 3.05) is 13.7 Å². The molecule has 2 aliphatic carbocycles. The number of ether oxygens (including phenoxy) is 1. The maximum Gasteiger partial charge on any atom is 0.122 e. The minimum atomic E-state index is 0.546. The molecule has 0 bridgehead atoms. The summed E-state index contributed by atoms with van der Waals surface area (Å²) >= 11 is 0. The molecule has 1 N–H and O–H groups in total. The average molecular weight is 287 g/mol. The zero-order valence-corrected chi connectivity index (χ0v) is 13.9. The summed E-state index contributed by atoms with van der Waals surface area (Å²) in [5.74, 6) is 3.86. The molecule has 2 saturated carbocycles. The summed E-state index contributed by atoms with van der Waals surface area (Å²) in [6.45, 7) is 7.76. The van der Waals surface area contributed by atoms with Crippen molar-refractivity contribution in [3.8, 4) is 5.75 Å². The van der Waals surface area contributed by atoms with Crippen LogP contribution < -0.4 is 10.1 Å². The number of fused-ring (bicyclic) bond motifs is 1. The second kappa shape index (κ2) is 6.00. The molecule has 0 aromatic heterocycles. The van der Waals surface area contributed by atoms with Crippen LogP contribution in [0.2, 0.25) is 0 Å². The van der Waals surface area contributed by atoms with Crippen molar-refractivity contribution in [3.05, 3.63) is 28.8 Å². The third-order valence-electron chi connectivity index (χ3n) is 5.59. The van der Waals surface area contributed by atoms with E-state index in [4.69, 9.17) is 4.74 Å². The van der Waals surface area contributed by atoms with Crippen LogP contribution in [0.15, 0.2) is 12.1 Å². The molecule has 2 aliphatic rings. The van der Waals surface area contributed by atoms with Crippen molar-refractivity contribution in [1.82, 2.24) is 5.32 Å². The van der Waals surface area contributed by atoms with Gasteiger partial charge in [0.05, 0.1) is 7.11 Å². The van der Waals surface area contributed by atoms with Crippen molar-refractivity contribution in [3.63, 3.8) is 0 Å². The highest BCUT2D eigenvalue weighted by Crippen LogP contribution is 2.62. The van der Waals surface area contributed by atoms with E-state index in [2.05, 4.69) is 38.2 Å². The third-order valence-corrected chi connectivity index (χ3v) is 5.59. The summed E-state index contributed by atoms with van der Waals surface area (Å²) in [5.41, 5.74) is 4.13. The number of rotatable bonds is 6. The van der Waals surface area contributed by atoms with Crippen LogP contribution in [0.3, 0.4) is 0 Å². The smallest absolute Gasteiger partial charge is 0.122 e. The van der Waals surface area contributed by atoms with Gasteiger partial charge in [0, 0.05) is 6.04 Å². The summed E-state index contributed by atoms with van der Waals surface area (Å²) in [6.07, 6.45) is 5.56. The number of nitrogens with one attached hydrogen (secondary N) is 1. The predicted octanol–water partition coefficient (Wildman–Crippen LogP) is 4.40. The molecule has 21 heavy (non-hydrogen) atoms. The van der Waals surface area contributed by atoms with Gasteiger partial charge in [-0.2, -0.15) is 0 Å². The van der Waals surface area contributed by atoms with Crippen LogP contribution in [0.25, 0.3) is 0 Å². The van der Waals surface area contributed by atoms with Gasteiger partial charge in [0.15, 0.2) is 0 Å². The van der Waals surface area contributed by atoms with E-state index in [1.54, 1.807) is 7.11 Å².